The number of cyclic esters (lactones) is 1. The molecule has 2 fully saturated rings. The molecule has 2 atom stereocenters. The molecule has 0 unspecified atom stereocenters. The second-order valence-corrected chi connectivity index (χ2v) is 13.8. The van der Waals surface area contributed by atoms with Crippen LogP contribution in [-0.4, -0.2) is 43.8 Å². The van der Waals surface area contributed by atoms with E-state index in [1.807, 2.05) is 18.2 Å². The van der Waals surface area contributed by atoms with Crippen LogP contribution in [0.4, 0.5) is 31.1 Å². The average molecular weight is 668 g/mol. The van der Waals surface area contributed by atoms with Gasteiger partial charge in [-0.1, -0.05) is 26.3 Å². The van der Waals surface area contributed by atoms with Gasteiger partial charge in [0.1, 0.15) is 11.9 Å². The van der Waals surface area contributed by atoms with Crippen molar-refractivity contribution in [3.63, 3.8) is 0 Å². The minimum absolute atomic E-state index is 0.0589. The lowest BCUT2D eigenvalue weighted by Gasteiger charge is -2.39. The van der Waals surface area contributed by atoms with E-state index in [9.17, 15) is 35.9 Å². The highest BCUT2D eigenvalue weighted by Crippen LogP contribution is 2.48. The summed E-state index contributed by atoms with van der Waals surface area (Å²) in [6.07, 6.45) is -7.27. The summed E-state index contributed by atoms with van der Waals surface area (Å²) in [7, 11) is 2.95. The Labute approximate surface area is 270 Å². The van der Waals surface area contributed by atoms with Gasteiger partial charge in [0.25, 0.3) is 0 Å². The van der Waals surface area contributed by atoms with Crippen LogP contribution in [0.15, 0.2) is 42.0 Å². The Kier molecular flexibility index (Phi) is 9.13. The van der Waals surface area contributed by atoms with Gasteiger partial charge >= 0.3 is 24.4 Å². The Bertz CT molecular complexity index is 1540. The number of esters is 1. The van der Waals surface area contributed by atoms with Crippen LogP contribution >= 0.6 is 0 Å². The van der Waals surface area contributed by atoms with Crippen molar-refractivity contribution in [2.24, 2.45) is 10.8 Å². The lowest BCUT2D eigenvalue weighted by Crippen LogP contribution is -2.40. The zero-order chi connectivity index (χ0) is 34.5. The average Bonchev–Trinajstić information content (AvgIpc) is 3.25. The van der Waals surface area contributed by atoms with E-state index in [-0.39, 0.29) is 29.6 Å². The number of carbonyl (C=O) groups excluding carboxylic acids is 2. The van der Waals surface area contributed by atoms with Crippen LogP contribution in [0.3, 0.4) is 0 Å². The first-order chi connectivity index (χ1) is 21.9. The Morgan fingerprint density at radius 2 is 1.62 bits per heavy atom. The van der Waals surface area contributed by atoms with Crippen LogP contribution in [-0.2, 0) is 33.0 Å². The first-order valence-corrected chi connectivity index (χ1v) is 15.6. The smallest absolute Gasteiger partial charge is 0.416 e. The molecule has 2 aliphatic carbocycles. The van der Waals surface area contributed by atoms with Gasteiger partial charge in [-0.3, -0.25) is 9.69 Å². The number of alkyl halides is 6. The summed E-state index contributed by atoms with van der Waals surface area (Å²) < 4.78 is 97.9. The van der Waals surface area contributed by atoms with E-state index in [0.717, 1.165) is 48.0 Å². The highest BCUT2D eigenvalue weighted by Gasteiger charge is 2.46. The molecule has 5 rings (SSSR count). The number of nitrogens with zero attached hydrogens (tertiary/aromatic N) is 1. The van der Waals surface area contributed by atoms with Crippen LogP contribution in [0.25, 0.3) is 5.57 Å². The van der Waals surface area contributed by atoms with E-state index in [1.54, 1.807) is 14.0 Å². The van der Waals surface area contributed by atoms with Gasteiger partial charge in [-0.15, -0.1) is 0 Å². The summed E-state index contributed by atoms with van der Waals surface area (Å²) in [5, 5.41) is 0. The van der Waals surface area contributed by atoms with Crippen molar-refractivity contribution >= 4 is 17.6 Å². The Balaban J connectivity index is 1.51. The summed E-state index contributed by atoms with van der Waals surface area (Å²) in [5.41, 5.74) is -0.431. The lowest BCUT2D eigenvalue weighted by atomic mass is 9.65. The van der Waals surface area contributed by atoms with E-state index in [1.165, 1.54) is 12.0 Å². The first kappa shape index (κ1) is 34.6. The first-order valence-electron chi connectivity index (χ1n) is 15.6. The summed E-state index contributed by atoms with van der Waals surface area (Å²) in [4.78, 5) is 27.3. The van der Waals surface area contributed by atoms with Crippen molar-refractivity contribution in [3.8, 4) is 5.75 Å². The van der Waals surface area contributed by atoms with Crippen LogP contribution in [0, 0.1) is 10.8 Å². The maximum absolute atomic E-state index is 13.6. The molecular formula is C35H39F6NO5. The van der Waals surface area contributed by atoms with E-state index >= 15 is 0 Å². The SMILES string of the molecule is COC(=O)C1(Cc2ccc(OC)c(C3=C(CN4C(=O)O[C@H](c5cc(C(F)(F)F)cc(C(F)(F)F)c5)[C@@H]4C)CC(C)(C)CC3)c2)CCC1. The second kappa shape index (κ2) is 12.4. The zero-order valence-corrected chi connectivity index (χ0v) is 27.0. The molecule has 0 bridgehead atoms. The monoisotopic (exact) mass is 667 g/mol. The number of methoxy groups -OCH3 is 2. The molecule has 6 nitrogen and oxygen atoms in total. The fraction of sp³-hybridized carbons (Fsp3) is 0.543. The lowest BCUT2D eigenvalue weighted by molar-refractivity contribution is -0.158. The maximum atomic E-state index is 13.6. The molecule has 1 amide bonds. The third-order valence-electron chi connectivity index (χ3n) is 9.92. The van der Waals surface area contributed by atoms with Gasteiger partial charge in [-0.2, -0.15) is 26.3 Å². The van der Waals surface area contributed by atoms with Crippen LogP contribution in [0.1, 0.15) is 93.2 Å². The molecule has 2 aromatic rings. The van der Waals surface area contributed by atoms with Gasteiger partial charge in [-0.25, -0.2) is 4.79 Å². The quantitative estimate of drug-likeness (QED) is 0.208. The number of benzene rings is 2. The van der Waals surface area contributed by atoms with E-state index in [0.29, 0.717) is 37.1 Å². The molecule has 3 aliphatic rings. The van der Waals surface area contributed by atoms with Crippen molar-refractivity contribution in [3.05, 3.63) is 69.8 Å². The second-order valence-electron chi connectivity index (χ2n) is 13.8. The number of allylic oxidation sites excluding steroid dienone is 1. The van der Waals surface area contributed by atoms with Crippen LogP contribution in [0.5, 0.6) is 5.75 Å². The van der Waals surface area contributed by atoms with Crippen LogP contribution in [0.2, 0.25) is 0 Å². The maximum Gasteiger partial charge on any atom is 0.416 e. The largest absolute Gasteiger partial charge is 0.496 e. The fourth-order valence-electron chi connectivity index (χ4n) is 7.16. The van der Waals surface area contributed by atoms with Crippen LogP contribution < -0.4 is 4.74 Å². The number of rotatable bonds is 8. The molecule has 12 heteroatoms. The third-order valence-corrected chi connectivity index (χ3v) is 9.92. The summed E-state index contributed by atoms with van der Waals surface area (Å²) in [6.45, 7) is 5.83. The topological polar surface area (TPSA) is 65.1 Å². The molecule has 0 radical (unpaired) electrons. The fourth-order valence-corrected chi connectivity index (χ4v) is 7.16. The van der Waals surface area contributed by atoms with Crippen molar-refractivity contribution < 1.29 is 50.1 Å². The summed E-state index contributed by atoms with van der Waals surface area (Å²) >= 11 is 0. The molecule has 1 saturated heterocycles. The van der Waals surface area contributed by atoms with Gasteiger partial charge in [0, 0.05) is 12.1 Å². The molecule has 0 spiro atoms. The van der Waals surface area contributed by atoms with Gasteiger partial charge in [0.2, 0.25) is 0 Å². The number of carbonyl (C=O) groups is 2. The van der Waals surface area contributed by atoms with E-state index in [2.05, 4.69) is 13.8 Å². The van der Waals surface area contributed by atoms with E-state index in [4.69, 9.17) is 14.2 Å². The van der Waals surface area contributed by atoms with Crippen molar-refractivity contribution in [2.75, 3.05) is 20.8 Å². The van der Waals surface area contributed by atoms with Gasteiger partial charge in [-0.05, 0) is 103 Å². The molecule has 0 aromatic heterocycles. The zero-order valence-electron chi connectivity index (χ0n) is 27.0. The number of ether oxygens (including phenoxy) is 3. The molecule has 256 valence electrons. The van der Waals surface area contributed by atoms with Gasteiger partial charge in [0.05, 0.1) is 36.8 Å². The molecular weight excluding hydrogens is 628 g/mol. The number of halogens is 6. The van der Waals surface area contributed by atoms with Crippen molar-refractivity contribution in [1.29, 1.82) is 0 Å². The minimum atomic E-state index is -5.03. The third kappa shape index (κ3) is 6.97. The predicted octanol–water partition coefficient (Wildman–Crippen LogP) is 9.16. The standard InChI is InChI=1S/C35H39F6NO5/c1-20-29(22-14-24(34(36,37)38)16-25(15-22)35(39,40)41)47-31(44)42(20)19-23-18-32(2,3)12-9-26(23)27-13-21(7-8-28(27)45-4)17-33(10-6-11-33)30(43)46-5/h7-8,13-16,20,29H,6,9-12,17-19H2,1-5H3/t20-,29-/m0/s1. The highest BCUT2D eigenvalue weighted by atomic mass is 19.4. The number of amides is 1. The molecule has 2 aromatic carbocycles. The minimum Gasteiger partial charge on any atom is -0.496 e. The van der Waals surface area contributed by atoms with Crippen molar-refractivity contribution in [2.45, 2.75) is 90.2 Å². The molecule has 47 heavy (non-hydrogen) atoms. The molecule has 1 aliphatic heterocycles. The van der Waals surface area contributed by atoms with Gasteiger partial charge in [0.15, 0.2) is 0 Å². The molecule has 1 heterocycles. The van der Waals surface area contributed by atoms with Crippen molar-refractivity contribution in [1.82, 2.24) is 4.90 Å². The summed E-state index contributed by atoms with van der Waals surface area (Å²) in [6, 6.07) is 6.20. The predicted molar refractivity (Wildman–Crippen MR) is 161 cm³/mol. The summed E-state index contributed by atoms with van der Waals surface area (Å²) in [5.74, 6) is 0.375. The Hall–Kier alpha value is -3.70. The molecule has 0 N–H and O–H groups in total. The Morgan fingerprint density at radius 3 is 2.15 bits per heavy atom. The number of hydrogen-bond acceptors (Lipinski definition) is 5. The highest BCUT2D eigenvalue weighted by molar-refractivity contribution is 5.79. The molecule has 1 saturated carbocycles. The normalized spacial score (nSPS) is 22.5. The van der Waals surface area contributed by atoms with E-state index < -0.39 is 47.1 Å². The number of hydrogen-bond donors (Lipinski definition) is 0. The van der Waals surface area contributed by atoms with Gasteiger partial charge < -0.3 is 14.2 Å². The Morgan fingerprint density at radius 1 is 0.979 bits per heavy atom.